The number of nitrogens with zero attached hydrogens (tertiary/aromatic N) is 3. The van der Waals surface area contributed by atoms with Gasteiger partial charge in [-0.25, -0.2) is 4.98 Å². The normalized spacial score (nSPS) is 13.5. The molecular weight excluding hydrogens is 298 g/mol. The summed E-state index contributed by atoms with van der Waals surface area (Å²) in [4.78, 5) is 19.5. The molecule has 0 spiro atoms. The van der Waals surface area contributed by atoms with Gasteiger partial charge in [-0.1, -0.05) is 0 Å². The molecule has 120 valence electrons. The molecule has 1 aromatic carbocycles. The molecule has 0 atom stereocenters. The second-order valence-corrected chi connectivity index (χ2v) is 5.29. The molecule has 8 nitrogen and oxygen atoms in total. The van der Waals surface area contributed by atoms with Crippen LogP contribution in [0.3, 0.4) is 0 Å². The minimum atomic E-state index is -0.452. The Morgan fingerprint density at radius 2 is 2.09 bits per heavy atom. The first kappa shape index (κ1) is 15.0. The fraction of sp³-hybridized carbons (Fsp3) is 0.333. The smallest absolute Gasteiger partial charge is 0.296 e. The van der Waals surface area contributed by atoms with Gasteiger partial charge in [-0.2, -0.15) is 4.98 Å². The van der Waals surface area contributed by atoms with E-state index >= 15 is 0 Å². The van der Waals surface area contributed by atoms with E-state index in [-0.39, 0.29) is 5.69 Å². The Bertz CT molecular complexity index is 746. The van der Waals surface area contributed by atoms with Crippen LogP contribution in [0.15, 0.2) is 24.3 Å². The molecule has 1 saturated carbocycles. The molecule has 0 aliphatic heterocycles. The maximum absolute atomic E-state index is 11.3. The van der Waals surface area contributed by atoms with Crippen molar-refractivity contribution in [2.45, 2.75) is 18.8 Å². The van der Waals surface area contributed by atoms with E-state index in [4.69, 9.17) is 4.74 Å². The van der Waals surface area contributed by atoms with Crippen LogP contribution in [-0.2, 0) is 0 Å². The van der Waals surface area contributed by atoms with Gasteiger partial charge < -0.3 is 15.4 Å². The maximum Gasteiger partial charge on any atom is 0.296 e. The molecule has 23 heavy (non-hydrogen) atoms. The van der Waals surface area contributed by atoms with Crippen LogP contribution in [0.1, 0.15) is 24.5 Å². The topological polar surface area (TPSA) is 102 Å². The first-order valence-electron chi connectivity index (χ1n) is 7.27. The standard InChI is InChI=1S/C15H17N5O3/c1-16-15-18-12(9-3-4-9)8-14(19-15)17-11-6-5-10(23-2)7-13(11)20(21)22/h5-9H,3-4H2,1-2H3,(H2,16,17,18,19). The van der Waals surface area contributed by atoms with Crippen LogP contribution in [-0.4, -0.2) is 29.0 Å². The highest BCUT2D eigenvalue weighted by Crippen LogP contribution is 2.40. The summed E-state index contributed by atoms with van der Waals surface area (Å²) in [6.45, 7) is 0. The Balaban J connectivity index is 1.95. The van der Waals surface area contributed by atoms with Gasteiger partial charge in [-0.3, -0.25) is 10.1 Å². The number of rotatable bonds is 6. The van der Waals surface area contributed by atoms with Crippen LogP contribution >= 0.6 is 0 Å². The summed E-state index contributed by atoms with van der Waals surface area (Å²) in [7, 11) is 3.21. The molecule has 2 N–H and O–H groups in total. The highest BCUT2D eigenvalue weighted by Gasteiger charge is 2.26. The van der Waals surface area contributed by atoms with E-state index < -0.39 is 4.92 Å². The van der Waals surface area contributed by atoms with E-state index in [9.17, 15) is 10.1 Å². The molecule has 0 unspecified atom stereocenters. The third-order valence-electron chi connectivity index (χ3n) is 3.63. The van der Waals surface area contributed by atoms with Crippen LogP contribution in [0, 0.1) is 10.1 Å². The van der Waals surface area contributed by atoms with Crippen LogP contribution in [0.5, 0.6) is 5.75 Å². The van der Waals surface area contributed by atoms with Crippen molar-refractivity contribution < 1.29 is 9.66 Å². The van der Waals surface area contributed by atoms with E-state index in [1.54, 1.807) is 19.2 Å². The van der Waals surface area contributed by atoms with Gasteiger partial charge >= 0.3 is 0 Å². The molecule has 2 aromatic rings. The Morgan fingerprint density at radius 1 is 1.30 bits per heavy atom. The maximum atomic E-state index is 11.3. The number of methoxy groups -OCH3 is 1. The van der Waals surface area contributed by atoms with Crippen molar-refractivity contribution in [3.05, 3.63) is 40.1 Å². The zero-order valence-corrected chi connectivity index (χ0v) is 12.9. The quantitative estimate of drug-likeness (QED) is 0.624. The summed E-state index contributed by atoms with van der Waals surface area (Å²) in [5.41, 5.74) is 1.24. The SMILES string of the molecule is CNc1nc(Nc2ccc(OC)cc2[N+](=O)[O-])cc(C2CC2)n1. The molecule has 0 amide bonds. The lowest BCUT2D eigenvalue weighted by atomic mass is 10.2. The lowest BCUT2D eigenvalue weighted by Crippen LogP contribution is -2.04. The predicted octanol–water partition coefficient (Wildman–Crippen LogP) is 3.06. The Labute approximate surface area is 133 Å². The molecule has 1 fully saturated rings. The minimum absolute atomic E-state index is 0.0676. The van der Waals surface area contributed by atoms with Crippen molar-refractivity contribution in [3.63, 3.8) is 0 Å². The van der Waals surface area contributed by atoms with E-state index in [0.717, 1.165) is 18.5 Å². The van der Waals surface area contributed by atoms with Crippen molar-refractivity contribution in [1.29, 1.82) is 0 Å². The second-order valence-electron chi connectivity index (χ2n) is 5.29. The molecule has 8 heteroatoms. The molecule has 0 saturated heterocycles. The Kier molecular flexibility index (Phi) is 3.96. The number of hydrogen-bond acceptors (Lipinski definition) is 7. The summed E-state index contributed by atoms with van der Waals surface area (Å²) in [6.07, 6.45) is 2.23. The summed E-state index contributed by atoms with van der Waals surface area (Å²) < 4.78 is 5.04. The molecule has 1 aliphatic carbocycles. The number of nitro groups is 1. The number of benzene rings is 1. The molecule has 1 heterocycles. The third-order valence-corrected chi connectivity index (χ3v) is 3.63. The van der Waals surface area contributed by atoms with Crippen LogP contribution in [0.25, 0.3) is 0 Å². The van der Waals surface area contributed by atoms with E-state index in [2.05, 4.69) is 20.6 Å². The average Bonchev–Trinajstić information content (AvgIpc) is 3.39. The van der Waals surface area contributed by atoms with Crippen molar-refractivity contribution in [3.8, 4) is 5.75 Å². The van der Waals surface area contributed by atoms with Crippen molar-refractivity contribution >= 4 is 23.1 Å². The van der Waals surface area contributed by atoms with Crippen LogP contribution in [0.4, 0.5) is 23.1 Å². The van der Waals surface area contributed by atoms with Gasteiger partial charge in [0.15, 0.2) is 0 Å². The molecule has 3 rings (SSSR count). The van der Waals surface area contributed by atoms with Gasteiger partial charge in [0.05, 0.1) is 23.8 Å². The summed E-state index contributed by atoms with van der Waals surface area (Å²) >= 11 is 0. The number of ether oxygens (including phenoxy) is 1. The average molecular weight is 315 g/mol. The molecule has 1 aliphatic rings. The van der Waals surface area contributed by atoms with Gasteiger partial charge in [0.2, 0.25) is 5.95 Å². The van der Waals surface area contributed by atoms with Gasteiger partial charge in [-0.15, -0.1) is 0 Å². The number of hydrogen-bond donors (Lipinski definition) is 2. The zero-order chi connectivity index (χ0) is 16.4. The van der Waals surface area contributed by atoms with E-state index in [1.165, 1.54) is 13.2 Å². The van der Waals surface area contributed by atoms with E-state index in [0.29, 0.717) is 29.1 Å². The van der Waals surface area contributed by atoms with Gasteiger partial charge in [0.25, 0.3) is 5.69 Å². The lowest BCUT2D eigenvalue weighted by Gasteiger charge is -2.10. The first-order valence-corrected chi connectivity index (χ1v) is 7.27. The lowest BCUT2D eigenvalue weighted by molar-refractivity contribution is -0.384. The third kappa shape index (κ3) is 3.31. The first-order chi connectivity index (χ1) is 11.1. The Hall–Kier alpha value is -2.90. The van der Waals surface area contributed by atoms with Crippen LogP contribution < -0.4 is 15.4 Å². The number of aromatic nitrogens is 2. The molecule has 0 radical (unpaired) electrons. The molecule has 0 bridgehead atoms. The molecule has 1 aromatic heterocycles. The summed E-state index contributed by atoms with van der Waals surface area (Å²) in [6, 6.07) is 6.49. The van der Waals surface area contributed by atoms with Gasteiger partial charge in [0, 0.05) is 19.0 Å². The number of anilines is 3. The van der Waals surface area contributed by atoms with E-state index in [1.807, 2.05) is 6.07 Å². The predicted molar refractivity (Wildman–Crippen MR) is 86.5 cm³/mol. The second kappa shape index (κ2) is 6.07. The largest absolute Gasteiger partial charge is 0.496 e. The summed E-state index contributed by atoms with van der Waals surface area (Å²) in [5, 5.41) is 17.2. The zero-order valence-electron chi connectivity index (χ0n) is 12.9. The van der Waals surface area contributed by atoms with Crippen LogP contribution in [0.2, 0.25) is 0 Å². The molecular formula is C15H17N5O3. The van der Waals surface area contributed by atoms with Gasteiger partial charge in [-0.05, 0) is 25.0 Å². The number of nitrogens with one attached hydrogen (secondary N) is 2. The minimum Gasteiger partial charge on any atom is -0.496 e. The number of nitro benzene ring substituents is 1. The fourth-order valence-electron chi connectivity index (χ4n) is 2.26. The highest BCUT2D eigenvalue weighted by atomic mass is 16.6. The van der Waals surface area contributed by atoms with Crippen molar-refractivity contribution in [2.24, 2.45) is 0 Å². The fourth-order valence-corrected chi connectivity index (χ4v) is 2.26. The summed E-state index contributed by atoms with van der Waals surface area (Å²) in [5.74, 6) is 1.91. The Morgan fingerprint density at radius 3 is 2.70 bits per heavy atom. The van der Waals surface area contributed by atoms with Gasteiger partial charge in [0.1, 0.15) is 17.3 Å². The highest BCUT2D eigenvalue weighted by molar-refractivity contribution is 5.70. The van der Waals surface area contributed by atoms with Crippen molar-refractivity contribution in [1.82, 2.24) is 9.97 Å². The monoisotopic (exact) mass is 315 g/mol. The van der Waals surface area contributed by atoms with Crippen molar-refractivity contribution in [2.75, 3.05) is 24.8 Å².